The van der Waals surface area contributed by atoms with Crippen molar-refractivity contribution in [3.05, 3.63) is 71.8 Å². The van der Waals surface area contributed by atoms with Crippen molar-refractivity contribution < 1.29 is 5.21 Å². The molecule has 0 aliphatic carbocycles. The lowest BCUT2D eigenvalue weighted by Crippen LogP contribution is -2.43. The Kier molecular flexibility index (Phi) is 6.45. The van der Waals surface area contributed by atoms with Gasteiger partial charge in [-0.05, 0) is 24.6 Å². The maximum absolute atomic E-state index is 9.80. The molecule has 0 spiro atoms. The fourth-order valence-corrected chi connectivity index (χ4v) is 4.35. The topological polar surface area (TPSA) is 35.8 Å². The van der Waals surface area contributed by atoms with Gasteiger partial charge in [-0.15, -0.1) is 0 Å². The van der Waals surface area contributed by atoms with E-state index < -0.39 is 0 Å². The van der Waals surface area contributed by atoms with Crippen molar-refractivity contribution in [2.75, 3.05) is 7.05 Å². The molecule has 0 radical (unpaired) electrons. The summed E-state index contributed by atoms with van der Waals surface area (Å²) in [5.41, 5.74) is 3.53. The molecule has 3 heteroatoms. The highest BCUT2D eigenvalue weighted by molar-refractivity contribution is 5.88. The molecule has 0 bridgehead atoms. The van der Waals surface area contributed by atoms with Crippen LogP contribution in [0.5, 0.6) is 0 Å². The average Bonchev–Trinajstić information content (AvgIpc) is 2.70. The number of rotatable bonds is 6. The number of likely N-dealkylation sites (tertiary alicyclic amines) is 1. The first kappa shape index (κ1) is 18.7. The standard InChI is InChI=1S/C23H30N2O/c1-3-4-7-16-20-21(24-26)17-22(18-12-8-5-9-13-18)25(2)23(20)19-14-10-6-11-15-19/h5-6,8-15,20,22-23,26H,3-4,7,16-17H2,1-2H3/b24-21-/t20-,22-,23+/m1/s1. The summed E-state index contributed by atoms with van der Waals surface area (Å²) in [6.45, 7) is 2.23. The second-order valence-corrected chi connectivity index (χ2v) is 7.35. The van der Waals surface area contributed by atoms with Crippen LogP contribution < -0.4 is 0 Å². The van der Waals surface area contributed by atoms with Crippen LogP contribution in [0.4, 0.5) is 0 Å². The van der Waals surface area contributed by atoms with Gasteiger partial charge in [0.25, 0.3) is 0 Å². The van der Waals surface area contributed by atoms with E-state index in [1.54, 1.807) is 0 Å². The number of hydrogen-bond acceptors (Lipinski definition) is 3. The molecule has 2 aromatic rings. The zero-order chi connectivity index (χ0) is 18.4. The first-order valence-corrected chi connectivity index (χ1v) is 9.79. The summed E-state index contributed by atoms with van der Waals surface area (Å²) >= 11 is 0. The Labute approximate surface area is 157 Å². The largest absolute Gasteiger partial charge is 0.411 e. The predicted octanol–water partition coefficient (Wildman–Crippen LogP) is 5.83. The summed E-state index contributed by atoms with van der Waals surface area (Å²) in [6.07, 6.45) is 5.46. The van der Waals surface area contributed by atoms with Gasteiger partial charge in [-0.1, -0.05) is 92.0 Å². The fraction of sp³-hybridized carbons (Fsp3) is 0.435. The molecule has 2 aromatic carbocycles. The number of nitrogens with zero attached hydrogens (tertiary/aromatic N) is 2. The second kappa shape index (κ2) is 9.00. The summed E-state index contributed by atoms with van der Waals surface area (Å²) < 4.78 is 0. The summed E-state index contributed by atoms with van der Waals surface area (Å²) in [7, 11) is 2.22. The van der Waals surface area contributed by atoms with Crippen LogP contribution in [0, 0.1) is 5.92 Å². The Morgan fingerprint density at radius 1 is 0.962 bits per heavy atom. The summed E-state index contributed by atoms with van der Waals surface area (Å²) in [4.78, 5) is 2.48. The van der Waals surface area contributed by atoms with E-state index >= 15 is 0 Å². The molecule has 3 nitrogen and oxygen atoms in total. The average molecular weight is 351 g/mol. The van der Waals surface area contributed by atoms with Crippen molar-refractivity contribution in [2.24, 2.45) is 11.1 Å². The van der Waals surface area contributed by atoms with Crippen LogP contribution in [0.15, 0.2) is 65.8 Å². The quantitative estimate of drug-likeness (QED) is 0.404. The predicted molar refractivity (Wildman–Crippen MR) is 108 cm³/mol. The summed E-state index contributed by atoms with van der Waals surface area (Å²) in [6, 6.07) is 21.7. The minimum Gasteiger partial charge on any atom is -0.411 e. The minimum absolute atomic E-state index is 0.231. The molecule has 138 valence electrons. The van der Waals surface area contributed by atoms with Gasteiger partial charge >= 0.3 is 0 Å². The lowest BCUT2D eigenvalue weighted by molar-refractivity contribution is 0.117. The Bertz CT molecular complexity index is 699. The zero-order valence-corrected chi connectivity index (χ0v) is 15.9. The number of oxime groups is 1. The first-order valence-electron chi connectivity index (χ1n) is 9.79. The van der Waals surface area contributed by atoms with E-state index in [0.29, 0.717) is 0 Å². The molecule has 1 saturated heterocycles. The summed E-state index contributed by atoms with van der Waals surface area (Å²) in [5, 5.41) is 13.6. The Hall–Kier alpha value is -2.13. The van der Waals surface area contributed by atoms with E-state index in [1.807, 2.05) is 0 Å². The number of unbranched alkanes of at least 4 members (excludes halogenated alkanes) is 2. The number of piperidine rings is 1. The molecule has 0 saturated carbocycles. The molecular formula is C23H30N2O. The first-order chi connectivity index (χ1) is 12.8. The van der Waals surface area contributed by atoms with E-state index in [4.69, 9.17) is 0 Å². The van der Waals surface area contributed by atoms with E-state index in [9.17, 15) is 5.21 Å². The van der Waals surface area contributed by atoms with E-state index in [1.165, 1.54) is 30.4 Å². The van der Waals surface area contributed by atoms with Crippen molar-refractivity contribution in [2.45, 2.75) is 51.1 Å². The van der Waals surface area contributed by atoms with Crippen LogP contribution in [-0.2, 0) is 0 Å². The minimum atomic E-state index is 0.231. The van der Waals surface area contributed by atoms with Gasteiger partial charge in [-0.3, -0.25) is 4.90 Å². The smallest absolute Gasteiger partial charge is 0.0639 e. The van der Waals surface area contributed by atoms with Gasteiger partial charge in [0.2, 0.25) is 0 Å². The van der Waals surface area contributed by atoms with E-state index in [2.05, 4.69) is 84.7 Å². The highest BCUT2D eigenvalue weighted by Crippen LogP contribution is 2.44. The fourth-order valence-electron chi connectivity index (χ4n) is 4.35. The lowest BCUT2D eigenvalue weighted by Gasteiger charge is -2.45. The molecule has 1 fully saturated rings. The molecule has 0 unspecified atom stereocenters. The molecule has 0 aromatic heterocycles. The Morgan fingerprint density at radius 3 is 2.15 bits per heavy atom. The maximum Gasteiger partial charge on any atom is 0.0639 e. The number of benzene rings is 2. The Morgan fingerprint density at radius 2 is 1.58 bits per heavy atom. The molecule has 3 atom stereocenters. The van der Waals surface area contributed by atoms with Gasteiger partial charge in [0.1, 0.15) is 0 Å². The van der Waals surface area contributed by atoms with Crippen LogP contribution in [0.1, 0.15) is 62.2 Å². The van der Waals surface area contributed by atoms with Crippen molar-refractivity contribution in [3.8, 4) is 0 Å². The molecule has 26 heavy (non-hydrogen) atoms. The molecule has 3 rings (SSSR count). The third kappa shape index (κ3) is 3.99. The SMILES string of the molecule is CCCCC[C@@H]1/C(=N\O)C[C@H](c2ccccc2)N(C)[C@H]1c1ccccc1. The van der Waals surface area contributed by atoms with Crippen molar-refractivity contribution in [1.82, 2.24) is 4.90 Å². The highest BCUT2D eigenvalue weighted by atomic mass is 16.4. The van der Waals surface area contributed by atoms with Crippen LogP contribution >= 0.6 is 0 Å². The van der Waals surface area contributed by atoms with E-state index in [0.717, 1.165) is 18.6 Å². The normalized spacial score (nSPS) is 25.5. The van der Waals surface area contributed by atoms with Crippen LogP contribution in [0.3, 0.4) is 0 Å². The monoisotopic (exact) mass is 350 g/mol. The lowest BCUT2D eigenvalue weighted by atomic mass is 9.76. The third-order valence-electron chi connectivity index (χ3n) is 5.71. The highest BCUT2D eigenvalue weighted by Gasteiger charge is 2.40. The number of hydrogen-bond donors (Lipinski definition) is 1. The Balaban J connectivity index is 1.97. The van der Waals surface area contributed by atoms with Gasteiger partial charge < -0.3 is 5.21 Å². The molecule has 1 heterocycles. The van der Waals surface area contributed by atoms with Crippen molar-refractivity contribution in [1.29, 1.82) is 0 Å². The van der Waals surface area contributed by atoms with Crippen molar-refractivity contribution in [3.63, 3.8) is 0 Å². The van der Waals surface area contributed by atoms with Gasteiger partial charge in [0.05, 0.1) is 5.71 Å². The molecule has 1 N–H and O–H groups in total. The zero-order valence-electron chi connectivity index (χ0n) is 15.9. The molecule has 0 amide bonds. The maximum atomic E-state index is 9.80. The van der Waals surface area contributed by atoms with Gasteiger partial charge in [0, 0.05) is 24.4 Å². The second-order valence-electron chi connectivity index (χ2n) is 7.35. The third-order valence-corrected chi connectivity index (χ3v) is 5.71. The van der Waals surface area contributed by atoms with Crippen molar-refractivity contribution >= 4 is 5.71 Å². The van der Waals surface area contributed by atoms with Gasteiger partial charge in [-0.2, -0.15) is 0 Å². The van der Waals surface area contributed by atoms with Crippen LogP contribution in [0.25, 0.3) is 0 Å². The van der Waals surface area contributed by atoms with Gasteiger partial charge in [0.15, 0.2) is 0 Å². The van der Waals surface area contributed by atoms with Crippen LogP contribution in [-0.4, -0.2) is 22.9 Å². The molecule has 1 aliphatic heterocycles. The van der Waals surface area contributed by atoms with E-state index in [-0.39, 0.29) is 18.0 Å². The molecular weight excluding hydrogens is 320 g/mol. The van der Waals surface area contributed by atoms with Gasteiger partial charge in [-0.25, -0.2) is 0 Å². The van der Waals surface area contributed by atoms with Crippen LogP contribution in [0.2, 0.25) is 0 Å². The summed E-state index contributed by atoms with van der Waals surface area (Å²) in [5.74, 6) is 0.263. The molecule has 1 aliphatic rings.